The lowest BCUT2D eigenvalue weighted by atomic mass is 10.3. The van der Waals surface area contributed by atoms with Gasteiger partial charge in [-0.3, -0.25) is 8.99 Å². The van der Waals surface area contributed by atoms with Crippen molar-refractivity contribution in [1.29, 1.82) is 0 Å². The highest BCUT2D eigenvalue weighted by Crippen LogP contribution is 2.32. The van der Waals surface area contributed by atoms with Crippen LogP contribution < -0.4 is 4.31 Å². The first-order valence-corrected chi connectivity index (χ1v) is 8.47. The summed E-state index contributed by atoms with van der Waals surface area (Å²) in [5, 5.41) is 4.09. The van der Waals surface area contributed by atoms with Crippen molar-refractivity contribution in [2.45, 2.75) is 31.7 Å². The van der Waals surface area contributed by atoms with Crippen LogP contribution in [0.5, 0.6) is 0 Å². The van der Waals surface area contributed by atoms with E-state index in [0.29, 0.717) is 11.4 Å². The molecule has 1 aromatic carbocycles. The Morgan fingerprint density at radius 3 is 2.23 bits per heavy atom. The Labute approximate surface area is 134 Å². The molecule has 120 valence electrons. The molecular formula is C14H17ClFN3O2S. The second-order valence-corrected chi connectivity index (χ2v) is 7.31. The van der Waals surface area contributed by atoms with Crippen LogP contribution in [0, 0.1) is 12.7 Å². The van der Waals surface area contributed by atoms with Gasteiger partial charge in [-0.1, -0.05) is 11.6 Å². The molecule has 0 N–H and O–H groups in total. The Balaban J connectivity index is 2.63. The third-order valence-corrected chi connectivity index (χ3v) is 5.87. The lowest BCUT2D eigenvalue weighted by Crippen LogP contribution is -2.37. The van der Waals surface area contributed by atoms with Crippen molar-refractivity contribution in [1.82, 2.24) is 9.78 Å². The second kappa shape index (κ2) is 5.89. The third kappa shape index (κ3) is 2.83. The predicted octanol–water partition coefficient (Wildman–Crippen LogP) is 3.12. The molecule has 22 heavy (non-hydrogen) atoms. The van der Waals surface area contributed by atoms with Crippen LogP contribution in [0.3, 0.4) is 0 Å². The second-order valence-electron chi connectivity index (χ2n) is 5.20. The van der Waals surface area contributed by atoms with E-state index >= 15 is 0 Å². The van der Waals surface area contributed by atoms with E-state index in [9.17, 15) is 12.8 Å². The molecule has 2 aromatic rings. The number of anilines is 1. The fraction of sp³-hybridized carbons (Fsp3) is 0.357. The lowest BCUT2D eigenvalue weighted by molar-refractivity contribution is 0.583. The number of halogens is 2. The highest BCUT2D eigenvalue weighted by atomic mass is 35.5. The predicted molar refractivity (Wildman–Crippen MR) is 84.2 cm³/mol. The molecule has 0 radical (unpaired) electrons. The number of hydrogen-bond acceptors (Lipinski definition) is 3. The van der Waals surface area contributed by atoms with Gasteiger partial charge in [-0.25, -0.2) is 12.8 Å². The van der Waals surface area contributed by atoms with Gasteiger partial charge >= 0.3 is 0 Å². The quantitative estimate of drug-likeness (QED) is 0.855. The van der Waals surface area contributed by atoms with Gasteiger partial charge < -0.3 is 0 Å². The lowest BCUT2D eigenvalue weighted by Gasteiger charge is -2.28. The van der Waals surface area contributed by atoms with Gasteiger partial charge in [-0.05, 0) is 45.0 Å². The van der Waals surface area contributed by atoms with E-state index < -0.39 is 15.8 Å². The van der Waals surface area contributed by atoms with Gasteiger partial charge in [0.1, 0.15) is 15.9 Å². The smallest absolute Gasteiger partial charge is 0.264 e. The van der Waals surface area contributed by atoms with Gasteiger partial charge in [0.2, 0.25) is 0 Å². The highest BCUT2D eigenvalue weighted by molar-refractivity contribution is 7.93. The molecule has 0 aliphatic heterocycles. The van der Waals surface area contributed by atoms with Gasteiger partial charge in [0.15, 0.2) is 0 Å². The molecule has 8 heteroatoms. The molecule has 1 heterocycles. The van der Waals surface area contributed by atoms with Crippen molar-refractivity contribution < 1.29 is 12.8 Å². The van der Waals surface area contributed by atoms with Crippen molar-refractivity contribution in [3.05, 3.63) is 40.9 Å². The van der Waals surface area contributed by atoms with Crippen molar-refractivity contribution >= 4 is 27.3 Å². The number of hydrogen-bond donors (Lipinski definition) is 0. The molecule has 0 saturated carbocycles. The molecule has 0 saturated heterocycles. The minimum atomic E-state index is -3.91. The highest BCUT2D eigenvalue weighted by Gasteiger charge is 2.33. The number of aromatic nitrogens is 2. The van der Waals surface area contributed by atoms with E-state index in [0.717, 1.165) is 0 Å². The zero-order valence-electron chi connectivity index (χ0n) is 12.7. The summed E-state index contributed by atoms with van der Waals surface area (Å²) in [5.74, 6) is -0.430. The van der Waals surface area contributed by atoms with Crippen LogP contribution in [0.1, 0.15) is 19.5 Å². The Morgan fingerprint density at radius 1 is 1.27 bits per heavy atom. The van der Waals surface area contributed by atoms with Gasteiger partial charge in [-0.2, -0.15) is 5.10 Å². The van der Waals surface area contributed by atoms with Crippen LogP contribution in [0.4, 0.5) is 10.1 Å². The van der Waals surface area contributed by atoms with E-state index in [-0.39, 0.29) is 16.1 Å². The molecule has 0 aliphatic carbocycles. The number of benzene rings is 1. The molecular weight excluding hydrogens is 329 g/mol. The summed E-state index contributed by atoms with van der Waals surface area (Å²) in [6.07, 6.45) is 0. The summed E-state index contributed by atoms with van der Waals surface area (Å²) in [4.78, 5) is -0.0327. The molecule has 0 amide bonds. The first kappa shape index (κ1) is 16.8. The first-order chi connectivity index (χ1) is 10.2. The minimum Gasteiger partial charge on any atom is -0.264 e. The Hall–Kier alpha value is -1.60. The van der Waals surface area contributed by atoms with Crippen molar-refractivity contribution in [3.8, 4) is 0 Å². The SMILES string of the molecule is Cc1nn(C)c(Cl)c1S(=O)(=O)N(c1ccc(F)cc1)C(C)C. The first-order valence-electron chi connectivity index (χ1n) is 6.65. The van der Waals surface area contributed by atoms with Gasteiger partial charge in [-0.15, -0.1) is 0 Å². The van der Waals surface area contributed by atoms with Gasteiger partial charge in [0.05, 0.1) is 11.4 Å². The number of rotatable bonds is 4. The number of sulfonamides is 1. The summed E-state index contributed by atoms with van der Waals surface area (Å²) in [7, 11) is -2.34. The summed E-state index contributed by atoms with van der Waals surface area (Å²) in [6.45, 7) is 5.06. The largest absolute Gasteiger partial charge is 0.269 e. The average molecular weight is 346 g/mol. The normalized spacial score (nSPS) is 12.0. The van der Waals surface area contributed by atoms with Crippen LogP contribution in [-0.4, -0.2) is 24.2 Å². The maximum Gasteiger partial charge on any atom is 0.269 e. The van der Waals surface area contributed by atoms with E-state index in [1.807, 2.05) is 0 Å². The van der Waals surface area contributed by atoms with Crippen LogP contribution in [0.25, 0.3) is 0 Å². The zero-order valence-corrected chi connectivity index (χ0v) is 14.3. The average Bonchev–Trinajstić information content (AvgIpc) is 2.65. The summed E-state index contributed by atoms with van der Waals surface area (Å²) in [5.41, 5.74) is 0.691. The number of aryl methyl sites for hydroxylation is 2. The van der Waals surface area contributed by atoms with Gasteiger partial charge in [0, 0.05) is 13.1 Å². The fourth-order valence-electron chi connectivity index (χ4n) is 2.30. The third-order valence-electron chi connectivity index (χ3n) is 3.17. The van der Waals surface area contributed by atoms with E-state index in [1.165, 1.54) is 33.3 Å². The summed E-state index contributed by atoms with van der Waals surface area (Å²) < 4.78 is 41.6. The Kier molecular flexibility index (Phi) is 4.49. The van der Waals surface area contributed by atoms with Crippen molar-refractivity contribution in [2.24, 2.45) is 7.05 Å². The molecule has 0 atom stereocenters. The molecule has 0 spiro atoms. The monoisotopic (exact) mass is 345 g/mol. The van der Waals surface area contributed by atoms with E-state index in [2.05, 4.69) is 5.10 Å². The maximum absolute atomic E-state index is 13.1. The molecule has 5 nitrogen and oxygen atoms in total. The molecule has 0 unspecified atom stereocenters. The summed E-state index contributed by atoms with van der Waals surface area (Å²) >= 11 is 6.09. The molecule has 0 aliphatic rings. The van der Waals surface area contributed by atoms with E-state index in [1.54, 1.807) is 27.8 Å². The van der Waals surface area contributed by atoms with Gasteiger partial charge in [0.25, 0.3) is 10.0 Å². The van der Waals surface area contributed by atoms with Crippen LogP contribution >= 0.6 is 11.6 Å². The molecule has 2 rings (SSSR count). The molecule has 0 bridgehead atoms. The Morgan fingerprint density at radius 2 is 1.82 bits per heavy atom. The zero-order chi connectivity index (χ0) is 16.7. The topological polar surface area (TPSA) is 55.2 Å². The maximum atomic E-state index is 13.1. The van der Waals surface area contributed by atoms with Crippen molar-refractivity contribution in [2.75, 3.05) is 4.31 Å². The van der Waals surface area contributed by atoms with Crippen LogP contribution in [-0.2, 0) is 17.1 Å². The molecule has 1 aromatic heterocycles. The molecule has 0 fully saturated rings. The minimum absolute atomic E-state index is 0.0327. The standard InChI is InChI=1S/C14H17ClFN3O2S/c1-9(2)19(12-7-5-11(16)6-8-12)22(20,21)13-10(3)17-18(4)14(13)15/h5-9H,1-4H3. The van der Waals surface area contributed by atoms with Crippen LogP contribution in [0.15, 0.2) is 29.2 Å². The Bertz CT molecular complexity index is 785. The fourth-order valence-corrected chi connectivity index (χ4v) is 4.68. The van der Waals surface area contributed by atoms with Crippen LogP contribution in [0.2, 0.25) is 5.15 Å². The van der Waals surface area contributed by atoms with E-state index in [4.69, 9.17) is 11.6 Å². The summed E-state index contributed by atoms with van der Waals surface area (Å²) in [6, 6.07) is 4.92. The number of nitrogens with zero attached hydrogens (tertiary/aromatic N) is 3. The van der Waals surface area contributed by atoms with Crippen molar-refractivity contribution in [3.63, 3.8) is 0 Å².